The van der Waals surface area contributed by atoms with E-state index in [9.17, 15) is 26.9 Å². The molecule has 0 fully saturated rings. The second-order valence-electron chi connectivity index (χ2n) is 6.15. The molecule has 0 N–H and O–H groups in total. The molecule has 0 aliphatic heterocycles. The minimum Gasteiger partial charge on any atom is -0.337 e. The van der Waals surface area contributed by atoms with Crippen molar-refractivity contribution in [1.29, 1.82) is 0 Å². The van der Waals surface area contributed by atoms with Crippen LogP contribution in [0.3, 0.4) is 0 Å². The van der Waals surface area contributed by atoms with Crippen LogP contribution < -0.4 is 3.71 Å². The van der Waals surface area contributed by atoms with Crippen LogP contribution in [-0.4, -0.2) is 31.3 Å². The number of aryl methyl sites for hydroxylation is 2. The van der Waals surface area contributed by atoms with E-state index in [-0.39, 0.29) is 14.4 Å². The third kappa shape index (κ3) is 3.76. The summed E-state index contributed by atoms with van der Waals surface area (Å²) in [6.45, 7) is 1.56. The number of aromatic nitrogens is 2. The fraction of sp³-hybridized carbons (Fsp3) is 0.118. The molecule has 13 heteroatoms. The lowest BCUT2D eigenvalue weighted by molar-refractivity contribution is -0.384. The zero-order valence-electron chi connectivity index (χ0n) is 15.6. The molecule has 0 saturated heterocycles. The first kappa shape index (κ1) is 21.7. The molecule has 0 spiro atoms. The van der Waals surface area contributed by atoms with Gasteiger partial charge in [0.05, 0.1) is 15.5 Å². The Bertz CT molecular complexity index is 1320. The fourth-order valence-corrected chi connectivity index (χ4v) is 6.49. The number of benzene rings is 2. The van der Waals surface area contributed by atoms with E-state index < -0.39 is 40.6 Å². The maximum absolute atomic E-state index is 13.4. The fourth-order valence-electron chi connectivity index (χ4n) is 2.58. The minimum atomic E-state index is -4.80. The van der Waals surface area contributed by atoms with E-state index in [2.05, 4.69) is 4.98 Å². The first-order valence-electron chi connectivity index (χ1n) is 8.26. The van der Waals surface area contributed by atoms with Gasteiger partial charge in [-0.2, -0.15) is 12.1 Å². The summed E-state index contributed by atoms with van der Waals surface area (Å²) in [5.41, 5.74) is -0.852. The summed E-state index contributed by atoms with van der Waals surface area (Å²) in [5, 5.41) is 10.4. The Morgan fingerprint density at radius 1 is 1.07 bits per heavy atom. The van der Waals surface area contributed by atoms with Crippen molar-refractivity contribution in [2.45, 2.75) is 16.8 Å². The van der Waals surface area contributed by atoms with Gasteiger partial charge in [-0.25, -0.2) is 13.4 Å². The highest BCUT2D eigenvalue weighted by Gasteiger charge is 2.39. The van der Waals surface area contributed by atoms with Crippen molar-refractivity contribution in [3.8, 4) is 0 Å². The lowest BCUT2D eigenvalue weighted by atomic mass is 10.3. The van der Waals surface area contributed by atoms with Crippen molar-refractivity contribution in [2.75, 3.05) is 3.71 Å². The van der Waals surface area contributed by atoms with Gasteiger partial charge in [0.15, 0.2) is 5.03 Å². The van der Waals surface area contributed by atoms with Gasteiger partial charge in [0.1, 0.15) is 10.8 Å². The molecular weight excluding hydrogens is 456 g/mol. The standard InChI is InChI=1S/C17H15ClN4O6S2/c1-12-19-17(11-20(12)2)30(27,28)22(13-6-4-3-5-7-13)29(25,26)14-8-9-15(18)16(10-14)21(23)24/h3-11H,1-2H3. The third-order valence-electron chi connectivity index (χ3n) is 4.17. The Labute approximate surface area is 177 Å². The number of halogens is 1. The van der Waals surface area contributed by atoms with Gasteiger partial charge in [-0.15, -0.1) is 0 Å². The molecule has 1 heterocycles. The Balaban J connectivity index is 2.28. The monoisotopic (exact) mass is 470 g/mol. The second-order valence-corrected chi connectivity index (χ2v) is 10.3. The quantitative estimate of drug-likeness (QED) is 0.399. The number of nitro groups is 1. The molecular formula is C17H15ClN4O6S2. The maximum Gasteiger partial charge on any atom is 0.296 e. The smallest absolute Gasteiger partial charge is 0.296 e. The molecule has 0 aliphatic carbocycles. The zero-order valence-corrected chi connectivity index (χ0v) is 18.0. The molecule has 3 rings (SSSR count). The van der Waals surface area contributed by atoms with Crippen LogP contribution >= 0.6 is 11.6 Å². The third-order valence-corrected chi connectivity index (χ3v) is 8.53. The average molecular weight is 471 g/mol. The van der Waals surface area contributed by atoms with Crippen LogP contribution in [0, 0.1) is 17.0 Å². The topological polar surface area (TPSA) is 132 Å². The van der Waals surface area contributed by atoms with Gasteiger partial charge in [0.25, 0.3) is 25.7 Å². The number of hydrogen-bond acceptors (Lipinski definition) is 7. The highest BCUT2D eigenvalue weighted by Crippen LogP contribution is 2.33. The molecule has 2 aromatic carbocycles. The zero-order chi connectivity index (χ0) is 22.3. The number of imidazole rings is 1. The predicted octanol–water partition coefficient (Wildman–Crippen LogP) is 2.87. The first-order valence-corrected chi connectivity index (χ1v) is 11.5. The second kappa shape index (κ2) is 7.70. The summed E-state index contributed by atoms with van der Waals surface area (Å²) in [5.74, 6) is 0.348. The molecule has 0 atom stereocenters. The van der Waals surface area contributed by atoms with E-state index >= 15 is 0 Å². The Hall–Kier alpha value is -2.96. The Morgan fingerprint density at radius 2 is 1.70 bits per heavy atom. The SMILES string of the molecule is Cc1nc(S(=O)(=O)N(c2ccccc2)S(=O)(=O)c2ccc(Cl)c([N+](=O)[O-])c2)cn1C. The van der Waals surface area contributed by atoms with Crippen LogP contribution in [0.5, 0.6) is 0 Å². The lowest BCUT2D eigenvalue weighted by Crippen LogP contribution is -2.37. The van der Waals surface area contributed by atoms with E-state index in [1.54, 1.807) is 20.0 Å². The molecule has 0 aliphatic rings. The van der Waals surface area contributed by atoms with Gasteiger partial charge < -0.3 is 4.57 Å². The summed E-state index contributed by atoms with van der Waals surface area (Å²) >= 11 is 5.76. The molecule has 0 amide bonds. The molecule has 0 radical (unpaired) electrons. The van der Waals surface area contributed by atoms with E-state index in [1.807, 2.05) is 0 Å². The number of hydrogen-bond donors (Lipinski definition) is 0. The van der Waals surface area contributed by atoms with Crippen molar-refractivity contribution < 1.29 is 21.8 Å². The molecule has 0 unspecified atom stereocenters. The van der Waals surface area contributed by atoms with Crippen molar-refractivity contribution in [3.63, 3.8) is 0 Å². The lowest BCUT2D eigenvalue weighted by Gasteiger charge is -2.23. The molecule has 0 bridgehead atoms. The van der Waals surface area contributed by atoms with Gasteiger partial charge in [-0.1, -0.05) is 29.8 Å². The summed E-state index contributed by atoms with van der Waals surface area (Å²) in [6.07, 6.45) is 1.18. The van der Waals surface area contributed by atoms with Gasteiger partial charge in [0.2, 0.25) is 0 Å². The Morgan fingerprint density at radius 3 is 2.23 bits per heavy atom. The normalized spacial score (nSPS) is 12.0. The van der Waals surface area contributed by atoms with Crippen LogP contribution in [-0.2, 0) is 27.1 Å². The van der Waals surface area contributed by atoms with Crippen molar-refractivity contribution in [2.24, 2.45) is 7.05 Å². The molecule has 1 aromatic heterocycles. The van der Waals surface area contributed by atoms with E-state index in [0.29, 0.717) is 11.9 Å². The van der Waals surface area contributed by atoms with E-state index in [1.165, 1.54) is 35.0 Å². The highest BCUT2D eigenvalue weighted by atomic mass is 35.5. The summed E-state index contributed by atoms with van der Waals surface area (Å²) < 4.78 is 55.0. The molecule has 30 heavy (non-hydrogen) atoms. The maximum atomic E-state index is 13.4. The van der Waals surface area contributed by atoms with Crippen molar-refractivity contribution in [1.82, 2.24) is 9.55 Å². The largest absolute Gasteiger partial charge is 0.337 e. The molecule has 10 nitrogen and oxygen atoms in total. The number of anilines is 1. The van der Waals surface area contributed by atoms with Gasteiger partial charge >= 0.3 is 0 Å². The summed E-state index contributed by atoms with van der Waals surface area (Å²) in [6, 6.07) is 9.81. The van der Waals surface area contributed by atoms with Crippen LogP contribution in [0.25, 0.3) is 0 Å². The number of para-hydroxylation sites is 1. The van der Waals surface area contributed by atoms with Crippen molar-refractivity contribution >= 4 is 43.0 Å². The number of nitrogens with zero attached hydrogens (tertiary/aromatic N) is 4. The summed E-state index contributed by atoms with van der Waals surface area (Å²) in [4.78, 5) is 13.6. The number of sulfonamides is 2. The van der Waals surface area contributed by atoms with Gasteiger partial charge in [-0.3, -0.25) is 10.1 Å². The van der Waals surface area contributed by atoms with E-state index in [4.69, 9.17) is 11.6 Å². The van der Waals surface area contributed by atoms with Crippen LogP contribution in [0.4, 0.5) is 11.4 Å². The minimum absolute atomic E-state index is 0.182. The number of rotatable bonds is 6. The molecule has 0 saturated carbocycles. The van der Waals surface area contributed by atoms with Gasteiger partial charge in [0, 0.05) is 19.3 Å². The van der Waals surface area contributed by atoms with Crippen LogP contribution in [0.2, 0.25) is 5.02 Å². The van der Waals surface area contributed by atoms with Gasteiger partial charge in [-0.05, 0) is 31.2 Å². The van der Waals surface area contributed by atoms with Crippen LogP contribution in [0.1, 0.15) is 5.82 Å². The first-order chi connectivity index (χ1) is 14.0. The average Bonchev–Trinajstić information content (AvgIpc) is 3.02. The van der Waals surface area contributed by atoms with Crippen molar-refractivity contribution in [3.05, 3.63) is 75.7 Å². The van der Waals surface area contributed by atoms with E-state index in [0.717, 1.165) is 12.1 Å². The number of nitro benzene ring substituents is 1. The summed E-state index contributed by atoms with van der Waals surface area (Å²) in [7, 11) is -7.94. The predicted molar refractivity (Wildman–Crippen MR) is 109 cm³/mol. The van der Waals surface area contributed by atoms with Crippen LogP contribution in [0.15, 0.2) is 64.6 Å². The Kier molecular flexibility index (Phi) is 5.58. The molecule has 3 aromatic rings. The highest BCUT2D eigenvalue weighted by molar-refractivity contribution is 8.10. The molecule has 158 valence electrons.